The molecule has 0 unspecified atom stereocenters. The van der Waals surface area contributed by atoms with Gasteiger partial charge in [0.1, 0.15) is 5.82 Å². The highest BCUT2D eigenvalue weighted by molar-refractivity contribution is 6.30. The number of anilines is 1. The van der Waals surface area contributed by atoms with Crippen molar-refractivity contribution in [3.63, 3.8) is 0 Å². The van der Waals surface area contributed by atoms with Gasteiger partial charge in [-0.15, -0.1) is 5.10 Å². The average molecular weight is 351 g/mol. The largest absolute Gasteiger partial charge is 0.346 e. The molecular weight excluding hydrogens is 336 g/mol. The maximum absolute atomic E-state index is 6.04. The van der Waals surface area contributed by atoms with E-state index in [1.165, 1.54) is 0 Å². The first-order valence-corrected chi connectivity index (χ1v) is 8.18. The molecule has 0 aliphatic heterocycles. The summed E-state index contributed by atoms with van der Waals surface area (Å²) in [6, 6.07) is 15.5. The lowest BCUT2D eigenvalue weighted by atomic mass is 10.2. The highest BCUT2D eigenvalue weighted by atomic mass is 35.5. The number of hydrogen-bond acceptors (Lipinski definition) is 5. The van der Waals surface area contributed by atoms with Crippen LogP contribution in [0.25, 0.3) is 22.3 Å². The highest BCUT2D eigenvalue weighted by Crippen LogP contribution is 2.21. The normalized spacial score (nSPS) is 11.0. The zero-order chi connectivity index (χ0) is 17.2. The molecule has 6 nitrogen and oxygen atoms in total. The molecule has 4 aromatic rings. The van der Waals surface area contributed by atoms with Crippen LogP contribution in [0.15, 0.2) is 54.7 Å². The van der Waals surface area contributed by atoms with Gasteiger partial charge in [0.15, 0.2) is 0 Å². The number of nitrogens with one attached hydrogen (secondary N) is 1. The topological polar surface area (TPSA) is 68.5 Å². The summed E-state index contributed by atoms with van der Waals surface area (Å²) in [5.41, 5.74) is 3.66. The van der Waals surface area contributed by atoms with Crippen LogP contribution >= 0.6 is 11.6 Å². The average Bonchev–Trinajstić information content (AvgIpc) is 2.97. The summed E-state index contributed by atoms with van der Waals surface area (Å²) in [6.07, 6.45) is 1.62. The van der Waals surface area contributed by atoms with Crippen LogP contribution in [0.3, 0.4) is 0 Å². The van der Waals surface area contributed by atoms with Gasteiger partial charge in [0.05, 0.1) is 29.5 Å². The molecule has 2 aromatic carbocycles. The van der Waals surface area contributed by atoms with Gasteiger partial charge in [-0.05, 0) is 24.3 Å². The number of imidazole rings is 1. The zero-order valence-electron chi connectivity index (χ0n) is 13.5. The van der Waals surface area contributed by atoms with Gasteiger partial charge >= 0.3 is 0 Å². The van der Waals surface area contributed by atoms with Gasteiger partial charge in [-0.3, -0.25) is 0 Å². The second kappa shape index (κ2) is 6.49. The van der Waals surface area contributed by atoms with Gasteiger partial charge in [-0.1, -0.05) is 35.9 Å². The van der Waals surface area contributed by atoms with Gasteiger partial charge in [-0.2, -0.15) is 5.10 Å². The van der Waals surface area contributed by atoms with Crippen LogP contribution in [0.1, 0.15) is 5.82 Å². The third kappa shape index (κ3) is 3.16. The van der Waals surface area contributed by atoms with Crippen LogP contribution in [0.2, 0.25) is 5.02 Å². The van der Waals surface area contributed by atoms with Crippen LogP contribution in [0, 0.1) is 0 Å². The minimum absolute atomic E-state index is 0.449. The van der Waals surface area contributed by atoms with Crippen molar-refractivity contribution in [1.29, 1.82) is 0 Å². The second-order valence-corrected chi connectivity index (χ2v) is 6.04. The minimum atomic E-state index is 0.449. The first kappa shape index (κ1) is 15.5. The lowest BCUT2D eigenvalue weighted by Crippen LogP contribution is -2.09. The quantitative estimate of drug-likeness (QED) is 0.608. The molecule has 0 fully saturated rings. The molecule has 0 saturated carbocycles. The van der Waals surface area contributed by atoms with Crippen molar-refractivity contribution in [2.24, 2.45) is 7.05 Å². The van der Waals surface area contributed by atoms with E-state index < -0.39 is 0 Å². The van der Waals surface area contributed by atoms with Gasteiger partial charge in [-0.25, -0.2) is 9.97 Å². The Balaban J connectivity index is 1.57. The molecule has 2 aromatic heterocycles. The van der Waals surface area contributed by atoms with E-state index in [9.17, 15) is 0 Å². The van der Waals surface area contributed by atoms with Crippen LogP contribution in [-0.4, -0.2) is 24.7 Å². The van der Waals surface area contributed by atoms with Crippen molar-refractivity contribution in [3.8, 4) is 11.3 Å². The molecule has 4 rings (SSSR count). The summed E-state index contributed by atoms with van der Waals surface area (Å²) in [6.45, 7) is 0.506. The van der Waals surface area contributed by atoms with Crippen molar-refractivity contribution in [2.75, 3.05) is 5.32 Å². The molecule has 7 heteroatoms. The number of aromatic nitrogens is 5. The highest BCUT2D eigenvalue weighted by Gasteiger charge is 2.08. The van der Waals surface area contributed by atoms with E-state index in [1.807, 2.05) is 55.6 Å². The van der Waals surface area contributed by atoms with E-state index in [0.717, 1.165) is 22.4 Å². The first-order chi connectivity index (χ1) is 12.2. The van der Waals surface area contributed by atoms with Crippen LogP contribution < -0.4 is 5.32 Å². The standard InChI is InChI=1S/C18H15ClN6/c1-25-16-8-3-2-7-14(16)22-17(25)11-20-18-23-15(10-21-24-18)12-5-4-6-13(19)9-12/h2-10H,11H2,1H3,(H,20,23,24). The molecule has 0 aliphatic carbocycles. The molecular formula is C18H15ClN6. The smallest absolute Gasteiger partial charge is 0.243 e. The van der Waals surface area contributed by atoms with E-state index in [2.05, 4.69) is 30.0 Å². The summed E-state index contributed by atoms with van der Waals surface area (Å²) in [5, 5.41) is 11.9. The SMILES string of the molecule is Cn1c(CNc2nncc(-c3cccc(Cl)c3)n2)nc2ccccc21. The number of nitrogens with zero attached hydrogens (tertiary/aromatic N) is 5. The summed E-state index contributed by atoms with van der Waals surface area (Å²) in [7, 11) is 1.99. The number of rotatable bonds is 4. The summed E-state index contributed by atoms with van der Waals surface area (Å²) < 4.78 is 2.05. The monoisotopic (exact) mass is 350 g/mol. The van der Waals surface area contributed by atoms with Crippen molar-refractivity contribution in [2.45, 2.75) is 6.54 Å². The van der Waals surface area contributed by atoms with Crippen LogP contribution in [-0.2, 0) is 13.6 Å². The van der Waals surface area contributed by atoms with E-state index in [0.29, 0.717) is 23.2 Å². The fraction of sp³-hybridized carbons (Fsp3) is 0.111. The Bertz CT molecular complexity index is 1040. The van der Waals surface area contributed by atoms with Crippen molar-refractivity contribution in [3.05, 3.63) is 65.6 Å². The molecule has 0 spiro atoms. The van der Waals surface area contributed by atoms with Crippen molar-refractivity contribution >= 4 is 28.6 Å². The molecule has 0 bridgehead atoms. The van der Waals surface area contributed by atoms with Crippen molar-refractivity contribution < 1.29 is 0 Å². The van der Waals surface area contributed by atoms with Gasteiger partial charge in [0.2, 0.25) is 5.95 Å². The van der Waals surface area contributed by atoms with Gasteiger partial charge in [0, 0.05) is 17.6 Å². The van der Waals surface area contributed by atoms with Crippen LogP contribution in [0.4, 0.5) is 5.95 Å². The van der Waals surface area contributed by atoms with Crippen LogP contribution in [0.5, 0.6) is 0 Å². The fourth-order valence-corrected chi connectivity index (χ4v) is 2.87. The molecule has 0 saturated heterocycles. The molecule has 2 heterocycles. The molecule has 124 valence electrons. The van der Waals surface area contributed by atoms with E-state index in [4.69, 9.17) is 11.6 Å². The number of hydrogen-bond donors (Lipinski definition) is 1. The maximum Gasteiger partial charge on any atom is 0.243 e. The Morgan fingerprint density at radius 2 is 1.96 bits per heavy atom. The molecule has 25 heavy (non-hydrogen) atoms. The molecule has 0 radical (unpaired) electrons. The molecule has 0 aliphatic rings. The predicted molar refractivity (Wildman–Crippen MR) is 98.3 cm³/mol. The Labute approximate surface area is 149 Å². The van der Waals surface area contributed by atoms with E-state index in [-0.39, 0.29) is 0 Å². The number of aryl methyl sites for hydroxylation is 1. The predicted octanol–water partition coefficient (Wildman–Crippen LogP) is 3.69. The summed E-state index contributed by atoms with van der Waals surface area (Å²) in [4.78, 5) is 9.13. The Hall–Kier alpha value is -2.99. The molecule has 0 atom stereocenters. The number of halogens is 1. The molecule has 1 N–H and O–H groups in total. The van der Waals surface area contributed by atoms with Gasteiger partial charge < -0.3 is 9.88 Å². The van der Waals surface area contributed by atoms with Gasteiger partial charge in [0.25, 0.3) is 0 Å². The lowest BCUT2D eigenvalue weighted by molar-refractivity contribution is 0.823. The van der Waals surface area contributed by atoms with E-state index >= 15 is 0 Å². The van der Waals surface area contributed by atoms with E-state index in [1.54, 1.807) is 6.20 Å². The fourth-order valence-electron chi connectivity index (χ4n) is 2.68. The Morgan fingerprint density at radius 1 is 1.08 bits per heavy atom. The molecule has 0 amide bonds. The minimum Gasteiger partial charge on any atom is -0.346 e. The Morgan fingerprint density at radius 3 is 2.80 bits per heavy atom. The summed E-state index contributed by atoms with van der Waals surface area (Å²) in [5.74, 6) is 1.35. The van der Waals surface area contributed by atoms with Crippen molar-refractivity contribution in [1.82, 2.24) is 24.7 Å². The first-order valence-electron chi connectivity index (χ1n) is 7.80. The third-order valence-electron chi connectivity index (χ3n) is 3.96. The second-order valence-electron chi connectivity index (χ2n) is 5.60. The maximum atomic E-state index is 6.04. The summed E-state index contributed by atoms with van der Waals surface area (Å²) >= 11 is 6.04. The third-order valence-corrected chi connectivity index (χ3v) is 4.20. The number of para-hydroxylation sites is 2. The number of benzene rings is 2. The zero-order valence-corrected chi connectivity index (χ0v) is 14.3. The number of fused-ring (bicyclic) bond motifs is 1. The Kier molecular flexibility index (Phi) is 4.03. The lowest BCUT2D eigenvalue weighted by Gasteiger charge is -2.06.